The Morgan fingerprint density at radius 2 is 2.03 bits per heavy atom. The molecule has 0 aromatic rings. The van der Waals surface area contributed by atoms with E-state index in [4.69, 9.17) is 24.4 Å². The molecular weight excluding hydrogens is 415 g/mol. The highest BCUT2D eigenvalue weighted by atomic mass is 31.2. The first-order chi connectivity index (χ1) is 14.0. The fourth-order valence-electron chi connectivity index (χ4n) is 2.48. The number of allylic oxidation sites excluding steroid dienone is 4. The van der Waals surface area contributed by atoms with Gasteiger partial charge in [-0.1, -0.05) is 48.6 Å². The summed E-state index contributed by atoms with van der Waals surface area (Å²) in [6.45, 7) is 1.28. The second-order valence-corrected chi connectivity index (χ2v) is 8.42. The highest BCUT2D eigenvalue weighted by Gasteiger charge is 2.34. The molecule has 5 N–H and O–H groups in total. The quantitative estimate of drug-likeness (QED) is 0.129. The van der Waals surface area contributed by atoms with Crippen molar-refractivity contribution in [3.05, 3.63) is 60.8 Å². The van der Waals surface area contributed by atoms with Crippen LogP contribution in [-0.4, -0.2) is 67.9 Å². The van der Waals surface area contributed by atoms with Gasteiger partial charge >= 0.3 is 13.6 Å². The van der Waals surface area contributed by atoms with Crippen molar-refractivity contribution < 1.29 is 43.9 Å². The van der Waals surface area contributed by atoms with Gasteiger partial charge in [0, 0.05) is 18.9 Å². The summed E-state index contributed by atoms with van der Waals surface area (Å²) in [5.74, 6) is -0.507. The molecule has 0 radical (unpaired) electrons. The molecule has 0 saturated carbocycles. The zero-order chi connectivity index (χ0) is 22.6. The highest BCUT2D eigenvalue weighted by molar-refractivity contribution is 7.51. The first-order valence-electron chi connectivity index (χ1n) is 9.27. The average Bonchev–Trinajstić information content (AvgIpc) is 2.65. The van der Waals surface area contributed by atoms with Crippen LogP contribution in [0.5, 0.6) is 0 Å². The lowest BCUT2D eigenvalue weighted by Gasteiger charge is -2.32. The Morgan fingerprint density at radius 3 is 2.67 bits per heavy atom. The van der Waals surface area contributed by atoms with Crippen molar-refractivity contribution in [1.29, 1.82) is 0 Å². The predicted molar refractivity (Wildman–Crippen MR) is 110 cm³/mol. The Morgan fingerprint density at radius 1 is 1.33 bits per heavy atom. The van der Waals surface area contributed by atoms with E-state index in [0.717, 1.165) is 0 Å². The first kappa shape index (κ1) is 26.2. The van der Waals surface area contributed by atoms with Crippen molar-refractivity contribution in [1.82, 2.24) is 0 Å². The Kier molecular flexibility index (Phi) is 11.1. The third-order valence-corrected chi connectivity index (χ3v) is 4.48. The number of carbonyl (C=O) groups is 1. The summed E-state index contributed by atoms with van der Waals surface area (Å²) in [5, 5.41) is 29.6. The van der Waals surface area contributed by atoms with Crippen molar-refractivity contribution in [3.8, 4) is 0 Å². The van der Waals surface area contributed by atoms with Gasteiger partial charge in [0.2, 0.25) is 0 Å². The van der Waals surface area contributed by atoms with E-state index in [9.17, 15) is 19.6 Å². The van der Waals surface area contributed by atoms with Gasteiger partial charge < -0.3 is 34.6 Å². The number of carbonyl (C=O) groups excluding carboxylic acids is 1. The lowest BCUT2D eigenvalue weighted by atomic mass is 9.92. The Labute approximate surface area is 175 Å². The van der Waals surface area contributed by atoms with Gasteiger partial charge in [-0.3, -0.25) is 4.57 Å². The van der Waals surface area contributed by atoms with Gasteiger partial charge in [0.25, 0.3) is 0 Å². The maximum Gasteiger partial charge on any atom is 0.350 e. The van der Waals surface area contributed by atoms with Crippen LogP contribution in [0.25, 0.3) is 0 Å². The van der Waals surface area contributed by atoms with Gasteiger partial charge in [-0.25, -0.2) is 4.79 Å². The smallest absolute Gasteiger partial charge is 0.350 e. The normalized spacial score (nSPS) is 22.2. The van der Waals surface area contributed by atoms with Crippen LogP contribution in [0.1, 0.15) is 19.8 Å². The van der Waals surface area contributed by atoms with Crippen molar-refractivity contribution in [2.45, 2.75) is 43.7 Å². The van der Waals surface area contributed by atoms with E-state index in [2.05, 4.69) is 0 Å². The molecule has 0 saturated heterocycles. The molecule has 1 heterocycles. The number of ether oxygens (including phenoxy) is 2. The van der Waals surface area contributed by atoms with Gasteiger partial charge in [-0.15, -0.1) is 0 Å². The van der Waals surface area contributed by atoms with Crippen LogP contribution in [0.4, 0.5) is 0 Å². The summed E-state index contributed by atoms with van der Waals surface area (Å²) in [6, 6.07) is 0. The van der Waals surface area contributed by atoms with Gasteiger partial charge in [0.05, 0.1) is 18.8 Å². The zero-order valence-electron chi connectivity index (χ0n) is 16.7. The summed E-state index contributed by atoms with van der Waals surface area (Å²) in [4.78, 5) is 29.5. The number of esters is 1. The second-order valence-electron chi connectivity index (χ2n) is 6.83. The molecule has 0 aromatic heterocycles. The molecule has 1 aliphatic heterocycles. The summed E-state index contributed by atoms with van der Waals surface area (Å²) < 4.78 is 21.5. The molecule has 0 amide bonds. The molecule has 9 nitrogen and oxygen atoms in total. The fraction of sp³-hybridized carbons (Fsp3) is 0.450. The van der Waals surface area contributed by atoms with E-state index in [1.54, 1.807) is 30.4 Å². The van der Waals surface area contributed by atoms with Crippen LogP contribution >= 0.6 is 7.60 Å². The Bertz CT molecular complexity index is 731. The number of hydrogen-bond donors (Lipinski definition) is 5. The summed E-state index contributed by atoms with van der Waals surface area (Å²) in [6.07, 6.45) is 11.6. The number of rotatable bonds is 12. The molecule has 30 heavy (non-hydrogen) atoms. The molecule has 0 aromatic carbocycles. The van der Waals surface area contributed by atoms with E-state index >= 15 is 0 Å². The second kappa shape index (κ2) is 12.8. The van der Waals surface area contributed by atoms with Crippen LogP contribution in [0, 0.1) is 0 Å². The monoisotopic (exact) mass is 444 g/mol. The molecule has 0 fully saturated rings. The maximum atomic E-state index is 11.3. The minimum atomic E-state index is -4.50. The van der Waals surface area contributed by atoms with E-state index in [1.165, 1.54) is 37.3 Å². The van der Waals surface area contributed by atoms with Gasteiger partial charge in [0.15, 0.2) is 0 Å². The molecular formula is C20H29O9P. The highest BCUT2D eigenvalue weighted by Crippen LogP contribution is 2.36. The molecule has 10 heteroatoms. The summed E-state index contributed by atoms with van der Waals surface area (Å²) >= 11 is 0. The van der Waals surface area contributed by atoms with Crippen LogP contribution in [0.3, 0.4) is 0 Å². The standard InChI is InChI=1S/C20H29O9P/c1-20(24,12-11-17-9-7-10-19(23)29-17)18(28-15-30(25,26)27)14-16(22)8-5-3-2-4-6-13-21/h2-8,10-12,16-18,21-22,24H,9,13-15H2,1H3,(H2,25,26,27)/b3-2-,6-4+,8-5-,12-11+/t16-,17+,18?,20+/m0/s1. The Hall–Kier alpha value is -1.84. The molecule has 0 spiro atoms. The molecule has 1 unspecified atom stereocenters. The van der Waals surface area contributed by atoms with Gasteiger partial charge in [-0.05, 0) is 13.0 Å². The SMILES string of the molecule is C[C@@](O)(/C=C/[C@H]1CC=CC(=O)O1)C(C[C@@H](O)\C=C/C=C\C=C\CO)OCP(=O)(O)O. The summed E-state index contributed by atoms with van der Waals surface area (Å²) in [5.41, 5.74) is -1.71. The molecule has 0 aliphatic carbocycles. The Balaban J connectivity index is 2.83. The lowest BCUT2D eigenvalue weighted by Crippen LogP contribution is -2.42. The third-order valence-electron chi connectivity index (χ3n) is 4.00. The molecule has 168 valence electrons. The van der Waals surface area contributed by atoms with Crippen LogP contribution in [-0.2, 0) is 18.8 Å². The summed E-state index contributed by atoms with van der Waals surface area (Å²) in [7, 11) is -4.50. The number of cyclic esters (lactones) is 1. The maximum absolute atomic E-state index is 11.3. The first-order valence-corrected chi connectivity index (χ1v) is 11.1. The molecule has 4 atom stereocenters. The molecule has 1 aliphatic rings. The van der Waals surface area contributed by atoms with Crippen molar-refractivity contribution in [2.75, 3.05) is 13.0 Å². The number of hydrogen-bond acceptors (Lipinski definition) is 7. The third kappa shape index (κ3) is 11.4. The lowest BCUT2D eigenvalue weighted by molar-refractivity contribution is -0.141. The van der Waals surface area contributed by atoms with Crippen molar-refractivity contribution in [3.63, 3.8) is 0 Å². The van der Waals surface area contributed by atoms with Crippen LogP contribution in [0.2, 0.25) is 0 Å². The van der Waals surface area contributed by atoms with E-state index in [-0.39, 0.29) is 13.0 Å². The molecule has 0 bridgehead atoms. The largest absolute Gasteiger partial charge is 0.455 e. The average molecular weight is 444 g/mol. The van der Waals surface area contributed by atoms with E-state index in [1.807, 2.05) is 0 Å². The molecule has 1 rings (SSSR count). The minimum absolute atomic E-state index is 0.0891. The van der Waals surface area contributed by atoms with Crippen LogP contribution in [0.15, 0.2) is 60.8 Å². The van der Waals surface area contributed by atoms with Crippen molar-refractivity contribution >= 4 is 13.6 Å². The van der Waals surface area contributed by atoms with Gasteiger partial charge in [-0.2, -0.15) is 0 Å². The number of aliphatic hydroxyl groups excluding tert-OH is 2. The van der Waals surface area contributed by atoms with E-state index in [0.29, 0.717) is 6.42 Å². The number of aliphatic hydroxyl groups is 3. The van der Waals surface area contributed by atoms with E-state index < -0.39 is 43.8 Å². The van der Waals surface area contributed by atoms with Crippen LogP contribution < -0.4 is 0 Å². The van der Waals surface area contributed by atoms with Gasteiger partial charge in [0.1, 0.15) is 18.1 Å². The zero-order valence-corrected chi connectivity index (χ0v) is 17.5. The fourth-order valence-corrected chi connectivity index (χ4v) is 2.86. The van der Waals surface area contributed by atoms with Crippen molar-refractivity contribution in [2.24, 2.45) is 0 Å². The predicted octanol–water partition coefficient (Wildman–Crippen LogP) is 1.10. The topological polar surface area (TPSA) is 154 Å². The minimum Gasteiger partial charge on any atom is -0.455 e.